The van der Waals surface area contributed by atoms with Crippen LogP contribution in [0.2, 0.25) is 0 Å². The lowest BCUT2D eigenvalue weighted by Gasteiger charge is -2.20. The van der Waals surface area contributed by atoms with Crippen molar-refractivity contribution < 1.29 is 14.3 Å². The van der Waals surface area contributed by atoms with E-state index in [2.05, 4.69) is 5.32 Å². The van der Waals surface area contributed by atoms with Crippen LogP contribution in [0.1, 0.15) is 32.8 Å². The number of hydrogen-bond acceptors (Lipinski definition) is 4. The quantitative estimate of drug-likeness (QED) is 0.869. The number of benzene rings is 1. The van der Waals surface area contributed by atoms with Crippen molar-refractivity contribution in [3.8, 4) is 5.75 Å². The molecule has 112 valence electrons. The van der Waals surface area contributed by atoms with Gasteiger partial charge in [-0.25, -0.2) is 4.79 Å². The topological polar surface area (TPSA) is 73.6 Å². The zero-order valence-electron chi connectivity index (χ0n) is 12.7. The summed E-state index contributed by atoms with van der Waals surface area (Å²) in [5.74, 6) is 0.756. The minimum atomic E-state index is -0.520. The van der Waals surface area contributed by atoms with Gasteiger partial charge in [0.25, 0.3) is 0 Å². The van der Waals surface area contributed by atoms with Gasteiger partial charge in [0.2, 0.25) is 0 Å². The highest BCUT2D eigenvalue weighted by atomic mass is 16.6. The van der Waals surface area contributed by atoms with E-state index in [0.29, 0.717) is 6.54 Å². The maximum absolute atomic E-state index is 11.8. The van der Waals surface area contributed by atoms with Crippen LogP contribution in [0.4, 0.5) is 10.5 Å². The van der Waals surface area contributed by atoms with Gasteiger partial charge in [-0.05, 0) is 63.9 Å². The first-order valence-corrected chi connectivity index (χ1v) is 6.72. The largest absolute Gasteiger partial charge is 0.497 e. The van der Waals surface area contributed by atoms with Gasteiger partial charge in [0, 0.05) is 5.69 Å². The molecule has 1 aromatic carbocycles. The third-order valence-electron chi connectivity index (χ3n) is 2.60. The third-order valence-corrected chi connectivity index (χ3v) is 2.60. The molecule has 0 aromatic heterocycles. The zero-order valence-corrected chi connectivity index (χ0v) is 12.7. The molecule has 0 saturated heterocycles. The lowest BCUT2D eigenvalue weighted by Crippen LogP contribution is -2.27. The number of carbonyl (C=O) groups is 1. The Morgan fingerprint density at radius 3 is 2.60 bits per heavy atom. The number of carbonyl (C=O) groups excluding carboxylic acids is 1. The molecule has 0 aliphatic carbocycles. The number of anilines is 1. The molecule has 1 aromatic rings. The maximum atomic E-state index is 11.8. The Hall–Kier alpha value is -1.75. The highest BCUT2D eigenvalue weighted by Gasteiger charge is 2.17. The van der Waals surface area contributed by atoms with Crippen LogP contribution in [0.5, 0.6) is 5.75 Å². The summed E-state index contributed by atoms with van der Waals surface area (Å²) in [6.07, 6.45) is 1.16. The van der Waals surface area contributed by atoms with E-state index in [1.807, 2.05) is 32.9 Å². The Balaban J connectivity index is 2.84. The van der Waals surface area contributed by atoms with Crippen molar-refractivity contribution in [2.24, 2.45) is 5.73 Å². The predicted octanol–water partition coefficient (Wildman–Crippen LogP) is 2.93. The molecule has 0 radical (unpaired) electrons. The summed E-state index contributed by atoms with van der Waals surface area (Å²) < 4.78 is 10.5. The number of methoxy groups -OCH3 is 1. The number of aryl methyl sites for hydroxylation is 1. The average Bonchev–Trinajstić information content (AvgIpc) is 2.35. The minimum Gasteiger partial charge on any atom is -0.497 e. The summed E-state index contributed by atoms with van der Waals surface area (Å²) in [6.45, 7) is 6.09. The highest BCUT2D eigenvalue weighted by Crippen LogP contribution is 2.24. The molecular weight excluding hydrogens is 256 g/mol. The van der Waals surface area contributed by atoms with Crippen molar-refractivity contribution in [3.63, 3.8) is 0 Å². The zero-order chi connectivity index (χ0) is 15.2. The molecule has 20 heavy (non-hydrogen) atoms. The van der Waals surface area contributed by atoms with Crippen LogP contribution in [0.3, 0.4) is 0 Å². The van der Waals surface area contributed by atoms with Gasteiger partial charge in [0.15, 0.2) is 0 Å². The first kappa shape index (κ1) is 16.3. The van der Waals surface area contributed by atoms with E-state index in [-0.39, 0.29) is 0 Å². The molecule has 1 rings (SSSR count). The Morgan fingerprint density at radius 1 is 1.35 bits per heavy atom. The molecule has 0 unspecified atom stereocenters. The second-order valence-electron chi connectivity index (χ2n) is 5.54. The molecule has 5 nitrogen and oxygen atoms in total. The van der Waals surface area contributed by atoms with Gasteiger partial charge in [0.1, 0.15) is 11.4 Å². The molecule has 0 bridgehead atoms. The van der Waals surface area contributed by atoms with Gasteiger partial charge in [-0.15, -0.1) is 0 Å². The second-order valence-corrected chi connectivity index (χ2v) is 5.54. The SMILES string of the molecule is COc1ccc(NC(=O)OC(C)(C)C)c(CCCN)c1. The fraction of sp³-hybridized carbons (Fsp3) is 0.533. The molecule has 0 spiro atoms. The number of amides is 1. The van der Waals surface area contributed by atoms with Crippen molar-refractivity contribution in [1.82, 2.24) is 0 Å². The fourth-order valence-electron chi connectivity index (χ4n) is 1.73. The van der Waals surface area contributed by atoms with Crippen molar-refractivity contribution in [2.75, 3.05) is 19.0 Å². The number of hydrogen-bond donors (Lipinski definition) is 2. The van der Waals surface area contributed by atoms with E-state index in [1.165, 1.54) is 0 Å². The van der Waals surface area contributed by atoms with E-state index in [4.69, 9.17) is 15.2 Å². The summed E-state index contributed by atoms with van der Waals surface area (Å²) in [6, 6.07) is 5.52. The molecule has 5 heteroatoms. The minimum absolute atomic E-state index is 0.461. The van der Waals surface area contributed by atoms with Crippen LogP contribution in [-0.4, -0.2) is 25.3 Å². The van der Waals surface area contributed by atoms with Crippen molar-refractivity contribution in [2.45, 2.75) is 39.2 Å². The molecule has 0 atom stereocenters. The lowest BCUT2D eigenvalue weighted by molar-refractivity contribution is 0.0636. The monoisotopic (exact) mass is 280 g/mol. The fourth-order valence-corrected chi connectivity index (χ4v) is 1.73. The van der Waals surface area contributed by atoms with Gasteiger partial charge in [0.05, 0.1) is 7.11 Å². The lowest BCUT2D eigenvalue weighted by atomic mass is 10.1. The van der Waals surface area contributed by atoms with E-state index in [0.717, 1.165) is 29.8 Å². The van der Waals surface area contributed by atoms with Crippen LogP contribution < -0.4 is 15.8 Å². The molecule has 0 heterocycles. The van der Waals surface area contributed by atoms with E-state index in [1.54, 1.807) is 13.2 Å². The van der Waals surface area contributed by atoms with Crippen LogP contribution in [-0.2, 0) is 11.2 Å². The van der Waals surface area contributed by atoms with Crippen LogP contribution in [0.15, 0.2) is 18.2 Å². The van der Waals surface area contributed by atoms with E-state index in [9.17, 15) is 4.79 Å². The standard InChI is InChI=1S/C15H24N2O3/c1-15(2,3)20-14(18)17-13-8-7-12(19-4)10-11(13)6-5-9-16/h7-8,10H,5-6,9,16H2,1-4H3,(H,17,18). The Kier molecular flexibility index (Phi) is 5.82. The number of rotatable bonds is 5. The molecule has 0 aliphatic rings. The summed E-state index contributed by atoms with van der Waals surface area (Å²) in [5.41, 5.74) is 6.74. The summed E-state index contributed by atoms with van der Waals surface area (Å²) >= 11 is 0. The molecular formula is C15H24N2O3. The molecule has 1 amide bonds. The molecule has 0 fully saturated rings. The number of nitrogens with one attached hydrogen (secondary N) is 1. The maximum Gasteiger partial charge on any atom is 0.412 e. The number of nitrogens with two attached hydrogens (primary N) is 1. The van der Waals surface area contributed by atoms with Crippen molar-refractivity contribution >= 4 is 11.8 Å². The van der Waals surface area contributed by atoms with Gasteiger partial charge in [-0.1, -0.05) is 0 Å². The van der Waals surface area contributed by atoms with Gasteiger partial charge in [-0.2, -0.15) is 0 Å². The Morgan fingerprint density at radius 2 is 2.05 bits per heavy atom. The van der Waals surface area contributed by atoms with Crippen LogP contribution in [0.25, 0.3) is 0 Å². The summed E-state index contributed by atoms with van der Waals surface area (Å²) in [5, 5.41) is 2.77. The van der Waals surface area contributed by atoms with E-state index >= 15 is 0 Å². The average molecular weight is 280 g/mol. The van der Waals surface area contributed by atoms with Crippen LogP contribution in [0, 0.1) is 0 Å². The summed E-state index contributed by atoms with van der Waals surface area (Å²) in [4.78, 5) is 11.8. The van der Waals surface area contributed by atoms with Gasteiger partial charge in [-0.3, -0.25) is 5.32 Å². The van der Waals surface area contributed by atoms with Gasteiger partial charge < -0.3 is 15.2 Å². The van der Waals surface area contributed by atoms with Gasteiger partial charge >= 0.3 is 6.09 Å². The highest BCUT2D eigenvalue weighted by molar-refractivity contribution is 5.86. The first-order valence-electron chi connectivity index (χ1n) is 6.72. The smallest absolute Gasteiger partial charge is 0.412 e. The van der Waals surface area contributed by atoms with E-state index < -0.39 is 11.7 Å². The second kappa shape index (κ2) is 7.14. The molecule has 0 aliphatic heterocycles. The normalized spacial score (nSPS) is 11.1. The number of ether oxygens (including phenoxy) is 2. The van der Waals surface area contributed by atoms with Crippen molar-refractivity contribution in [1.29, 1.82) is 0 Å². The first-order chi connectivity index (χ1) is 9.35. The molecule has 0 saturated carbocycles. The van der Waals surface area contributed by atoms with Crippen molar-refractivity contribution in [3.05, 3.63) is 23.8 Å². The van der Waals surface area contributed by atoms with Crippen LogP contribution >= 0.6 is 0 Å². The predicted molar refractivity (Wildman–Crippen MR) is 80.2 cm³/mol. The molecule has 3 N–H and O–H groups in total. The third kappa shape index (κ3) is 5.48. The Labute approximate surface area is 120 Å². The summed E-state index contributed by atoms with van der Waals surface area (Å²) in [7, 11) is 1.61. The Bertz CT molecular complexity index is 453.